The highest BCUT2D eigenvalue weighted by atomic mass is 32.1. The maximum atomic E-state index is 13.4. The highest BCUT2D eigenvalue weighted by molar-refractivity contribution is 7.10. The summed E-state index contributed by atoms with van der Waals surface area (Å²) < 4.78 is 5.98. The van der Waals surface area contributed by atoms with Gasteiger partial charge >= 0.3 is 0 Å². The minimum atomic E-state index is -0.145. The van der Waals surface area contributed by atoms with Crippen LogP contribution in [0.5, 0.6) is 0 Å². The quantitative estimate of drug-likeness (QED) is 0.623. The van der Waals surface area contributed by atoms with Crippen LogP contribution in [0.1, 0.15) is 36.1 Å². The molecule has 2 saturated heterocycles. The van der Waals surface area contributed by atoms with Gasteiger partial charge in [0.2, 0.25) is 5.91 Å². The molecule has 1 aromatic carbocycles. The molecule has 5 heterocycles. The second kappa shape index (κ2) is 7.95. The number of carbonyl (C=O) groups is 1. The Kier molecular flexibility index (Phi) is 4.95. The Morgan fingerprint density at radius 2 is 1.94 bits per heavy atom. The number of carbonyl (C=O) groups excluding carboxylic acids is 1. The van der Waals surface area contributed by atoms with E-state index < -0.39 is 0 Å². The molecule has 0 aliphatic carbocycles. The summed E-state index contributed by atoms with van der Waals surface area (Å²) >= 11 is 1.89. The number of fused-ring (bicyclic) bond motifs is 2. The van der Waals surface area contributed by atoms with Crippen LogP contribution in [0.25, 0.3) is 11.1 Å². The van der Waals surface area contributed by atoms with E-state index in [1.54, 1.807) is 4.88 Å². The molecular weight excluding hydrogens is 408 g/mol. The molecule has 0 bridgehead atoms. The Balaban J connectivity index is 1.10. The SMILES string of the molecule is O=C(C1CCCN1c1nc2ccccc2o1)N1CCC(N2CCc3sccc3C2)CC1. The highest BCUT2D eigenvalue weighted by Gasteiger charge is 2.38. The molecule has 7 heteroatoms. The van der Waals surface area contributed by atoms with Crippen molar-refractivity contribution in [2.24, 2.45) is 0 Å². The Hall–Kier alpha value is -2.38. The largest absolute Gasteiger partial charge is 0.423 e. The minimum absolute atomic E-state index is 0.145. The Morgan fingerprint density at radius 3 is 2.81 bits per heavy atom. The summed E-state index contributed by atoms with van der Waals surface area (Å²) in [5, 5.41) is 2.22. The van der Waals surface area contributed by atoms with E-state index in [0.717, 1.165) is 69.5 Å². The van der Waals surface area contributed by atoms with E-state index in [2.05, 4.69) is 31.1 Å². The zero-order chi connectivity index (χ0) is 20.8. The zero-order valence-corrected chi connectivity index (χ0v) is 18.5. The molecule has 0 saturated carbocycles. The van der Waals surface area contributed by atoms with Crippen molar-refractivity contribution in [2.45, 2.75) is 50.7 Å². The predicted molar refractivity (Wildman–Crippen MR) is 122 cm³/mol. The Labute approximate surface area is 186 Å². The third-order valence-corrected chi connectivity index (χ3v) is 8.22. The van der Waals surface area contributed by atoms with E-state index in [1.165, 1.54) is 12.0 Å². The van der Waals surface area contributed by atoms with Crippen LogP contribution in [0.4, 0.5) is 6.01 Å². The van der Waals surface area contributed by atoms with Crippen molar-refractivity contribution in [3.63, 3.8) is 0 Å². The minimum Gasteiger partial charge on any atom is -0.423 e. The lowest BCUT2D eigenvalue weighted by atomic mass is 9.99. The number of amides is 1. The molecule has 3 aromatic rings. The third-order valence-electron chi connectivity index (χ3n) is 7.20. The number of piperidine rings is 1. The van der Waals surface area contributed by atoms with E-state index in [9.17, 15) is 4.79 Å². The molecule has 2 fully saturated rings. The number of para-hydroxylation sites is 2. The second-order valence-electron chi connectivity index (χ2n) is 8.96. The number of anilines is 1. The third kappa shape index (κ3) is 3.53. The van der Waals surface area contributed by atoms with E-state index in [4.69, 9.17) is 4.42 Å². The van der Waals surface area contributed by atoms with E-state index in [1.807, 2.05) is 35.6 Å². The van der Waals surface area contributed by atoms with Crippen molar-refractivity contribution < 1.29 is 9.21 Å². The van der Waals surface area contributed by atoms with Gasteiger partial charge in [0.25, 0.3) is 6.01 Å². The first-order valence-electron chi connectivity index (χ1n) is 11.5. The van der Waals surface area contributed by atoms with Crippen LogP contribution < -0.4 is 4.90 Å². The van der Waals surface area contributed by atoms with Gasteiger partial charge in [-0.15, -0.1) is 11.3 Å². The summed E-state index contributed by atoms with van der Waals surface area (Å²) in [4.78, 5) is 26.4. The second-order valence-corrected chi connectivity index (χ2v) is 9.96. The number of benzene rings is 1. The van der Waals surface area contributed by atoms with Gasteiger partial charge in [-0.25, -0.2) is 0 Å². The molecule has 6 rings (SSSR count). The van der Waals surface area contributed by atoms with Gasteiger partial charge < -0.3 is 14.2 Å². The first-order valence-corrected chi connectivity index (χ1v) is 12.3. The first kappa shape index (κ1) is 19.3. The van der Waals surface area contributed by atoms with Gasteiger partial charge in [0, 0.05) is 43.6 Å². The Bertz CT molecular complexity index is 1050. The number of oxazole rings is 1. The molecule has 162 valence electrons. The molecule has 31 heavy (non-hydrogen) atoms. The summed E-state index contributed by atoms with van der Waals surface area (Å²) in [6, 6.07) is 11.1. The fraction of sp³-hybridized carbons (Fsp3) is 0.500. The van der Waals surface area contributed by atoms with Crippen LogP contribution in [0.15, 0.2) is 40.1 Å². The fourth-order valence-electron chi connectivity index (χ4n) is 5.48. The van der Waals surface area contributed by atoms with Crippen molar-refractivity contribution in [1.29, 1.82) is 0 Å². The summed E-state index contributed by atoms with van der Waals surface area (Å²) in [5.74, 6) is 0.247. The van der Waals surface area contributed by atoms with Gasteiger partial charge in [-0.05, 0) is 61.2 Å². The van der Waals surface area contributed by atoms with E-state index in [-0.39, 0.29) is 11.9 Å². The highest BCUT2D eigenvalue weighted by Crippen LogP contribution is 2.31. The number of nitrogens with zero attached hydrogens (tertiary/aromatic N) is 4. The van der Waals surface area contributed by atoms with Crippen molar-refractivity contribution in [1.82, 2.24) is 14.8 Å². The lowest BCUT2D eigenvalue weighted by Crippen LogP contribution is -2.52. The standard InChI is InChI=1S/C24H28N4O2S/c29-23(20-5-3-11-28(20)24-25-19-4-1-2-6-21(19)30-24)26-12-7-18(8-13-26)27-14-9-22-17(16-27)10-15-31-22/h1-2,4,6,10,15,18,20H,3,5,7-9,11-14,16H2. The number of likely N-dealkylation sites (tertiary alicyclic amines) is 1. The van der Waals surface area contributed by atoms with E-state index in [0.29, 0.717) is 12.1 Å². The summed E-state index contributed by atoms with van der Waals surface area (Å²) in [6.45, 7) is 4.77. The van der Waals surface area contributed by atoms with Crippen molar-refractivity contribution in [3.8, 4) is 0 Å². The van der Waals surface area contributed by atoms with Crippen LogP contribution in [-0.4, -0.2) is 59.0 Å². The summed E-state index contributed by atoms with van der Waals surface area (Å²) in [6.07, 6.45) is 5.20. The van der Waals surface area contributed by atoms with Gasteiger partial charge in [0.15, 0.2) is 5.58 Å². The summed E-state index contributed by atoms with van der Waals surface area (Å²) in [5.41, 5.74) is 3.15. The normalized spacial score (nSPS) is 22.9. The number of rotatable bonds is 3. The van der Waals surface area contributed by atoms with Gasteiger partial charge in [-0.2, -0.15) is 4.98 Å². The fourth-order valence-corrected chi connectivity index (χ4v) is 6.37. The number of hydrogen-bond acceptors (Lipinski definition) is 6. The topological polar surface area (TPSA) is 52.8 Å². The number of thiophene rings is 1. The van der Waals surface area contributed by atoms with Crippen LogP contribution in [-0.2, 0) is 17.8 Å². The van der Waals surface area contributed by atoms with E-state index >= 15 is 0 Å². The maximum Gasteiger partial charge on any atom is 0.299 e. The van der Waals surface area contributed by atoms with Crippen LogP contribution in [0.2, 0.25) is 0 Å². The van der Waals surface area contributed by atoms with Gasteiger partial charge in [-0.3, -0.25) is 9.69 Å². The molecule has 1 unspecified atom stereocenters. The smallest absolute Gasteiger partial charge is 0.299 e. The average molecular weight is 437 g/mol. The average Bonchev–Trinajstić information content (AvgIpc) is 3.56. The molecule has 2 aromatic heterocycles. The van der Waals surface area contributed by atoms with Crippen LogP contribution in [0.3, 0.4) is 0 Å². The predicted octanol–water partition coefficient (Wildman–Crippen LogP) is 3.91. The molecule has 3 aliphatic rings. The molecular formula is C24H28N4O2S. The number of hydrogen-bond donors (Lipinski definition) is 0. The van der Waals surface area contributed by atoms with Crippen molar-refractivity contribution in [3.05, 3.63) is 46.2 Å². The maximum absolute atomic E-state index is 13.4. The van der Waals surface area contributed by atoms with Gasteiger partial charge in [0.1, 0.15) is 11.6 Å². The van der Waals surface area contributed by atoms with Crippen molar-refractivity contribution in [2.75, 3.05) is 31.1 Å². The lowest BCUT2D eigenvalue weighted by Gasteiger charge is -2.41. The molecule has 3 aliphatic heterocycles. The first-order chi connectivity index (χ1) is 15.3. The van der Waals surface area contributed by atoms with Gasteiger partial charge in [-0.1, -0.05) is 12.1 Å². The Morgan fingerprint density at radius 1 is 1.06 bits per heavy atom. The summed E-state index contributed by atoms with van der Waals surface area (Å²) in [7, 11) is 0. The molecule has 0 radical (unpaired) electrons. The molecule has 1 atom stereocenters. The zero-order valence-electron chi connectivity index (χ0n) is 17.7. The molecule has 0 spiro atoms. The van der Waals surface area contributed by atoms with Crippen molar-refractivity contribution >= 4 is 34.4 Å². The van der Waals surface area contributed by atoms with Gasteiger partial charge in [0.05, 0.1) is 0 Å². The molecule has 0 N–H and O–H groups in total. The van der Waals surface area contributed by atoms with Crippen LogP contribution >= 0.6 is 11.3 Å². The molecule has 1 amide bonds. The molecule has 6 nitrogen and oxygen atoms in total. The monoisotopic (exact) mass is 436 g/mol. The number of aromatic nitrogens is 1. The lowest BCUT2D eigenvalue weighted by molar-refractivity contribution is -0.134. The van der Waals surface area contributed by atoms with Crippen LogP contribution in [0, 0.1) is 0 Å².